The maximum absolute atomic E-state index is 12.6. The van der Waals surface area contributed by atoms with Crippen LogP contribution in [0.25, 0.3) is 0 Å². The van der Waals surface area contributed by atoms with Crippen molar-refractivity contribution in [3.8, 4) is 5.75 Å². The van der Waals surface area contributed by atoms with Gasteiger partial charge in [0.15, 0.2) is 6.61 Å². The van der Waals surface area contributed by atoms with Gasteiger partial charge in [0.2, 0.25) is 0 Å². The zero-order chi connectivity index (χ0) is 15.7. The van der Waals surface area contributed by atoms with Crippen molar-refractivity contribution in [3.05, 3.63) is 28.2 Å². The van der Waals surface area contributed by atoms with Crippen molar-refractivity contribution >= 4 is 5.69 Å². The highest BCUT2D eigenvalue weighted by atomic mass is 16.8. The van der Waals surface area contributed by atoms with Gasteiger partial charge < -0.3 is 5.11 Å². The number of rotatable bonds is 3. The second kappa shape index (κ2) is 5.43. The molecule has 0 saturated heterocycles. The van der Waals surface area contributed by atoms with E-state index in [2.05, 4.69) is 0 Å². The fraction of sp³-hybridized carbons (Fsp3) is 0.625. The third kappa shape index (κ3) is 3.50. The molecule has 0 atom stereocenters. The molecule has 0 aliphatic heterocycles. The molecule has 0 saturated carbocycles. The summed E-state index contributed by atoms with van der Waals surface area (Å²) >= 11 is 0. The molecule has 0 aromatic heterocycles. The Morgan fingerprint density at radius 2 is 1.45 bits per heavy atom. The fourth-order valence-electron chi connectivity index (χ4n) is 2.03. The zero-order valence-corrected chi connectivity index (χ0v) is 13.5. The molecular weight excluding hydrogens is 254 g/mol. The van der Waals surface area contributed by atoms with Crippen molar-refractivity contribution in [2.24, 2.45) is 0 Å². The van der Waals surface area contributed by atoms with Gasteiger partial charge in [-0.25, -0.2) is 4.84 Å². The van der Waals surface area contributed by atoms with Crippen molar-refractivity contribution < 1.29 is 14.9 Å². The topological polar surface area (TPSA) is 52.4 Å². The van der Waals surface area contributed by atoms with E-state index in [4.69, 9.17) is 4.84 Å². The third-order valence-corrected chi connectivity index (χ3v) is 3.15. The second-order valence-corrected chi connectivity index (χ2v) is 7.04. The summed E-state index contributed by atoms with van der Waals surface area (Å²) in [5, 5.41) is 12.6. The summed E-state index contributed by atoms with van der Waals surface area (Å²) in [5.41, 5.74) is 1.02. The van der Waals surface area contributed by atoms with Crippen molar-refractivity contribution in [1.82, 2.24) is 0 Å². The van der Waals surface area contributed by atoms with Crippen molar-refractivity contribution in [2.75, 3.05) is 6.61 Å². The van der Waals surface area contributed by atoms with Gasteiger partial charge in [-0.05, 0) is 28.9 Å². The van der Waals surface area contributed by atoms with E-state index in [0.29, 0.717) is 28.3 Å². The van der Waals surface area contributed by atoms with Crippen LogP contribution in [0, 0.1) is 4.91 Å². The van der Waals surface area contributed by atoms with Gasteiger partial charge in [-0.3, -0.25) is 0 Å². The first kappa shape index (κ1) is 16.5. The highest BCUT2D eigenvalue weighted by Crippen LogP contribution is 2.40. The Labute approximate surface area is 121 Å². The molecule has 0 heterocycles. The maximum Gasteiger partial charge on any atom is 0.317 e. The first-order valence-corrected chi connectivity index (χ1v) is 6.94. The van der Waals surface area contributed by atoms with Crippen LogP contribution in [-0.4, -0.2) is 11.5 Å². The third-order valence-electron chi connectivity index (χ3n) is 3.15. The minimum atomic E-state index is -0.319. The van der Waals surface area contributed by atoms with Crippen LogP contribution in [-0.2, 0) is 15.7 Å². The maximum atomic E-state index is 12.6. The lowest BCUT2D eigenvalue weighted by molar-refractivity contribution is -0.744. The van der Waals surface area contributed by atoms with Crippen LogP contribution in [0.4, 0.5) is 5.69 Å². The molecule has 20 heavy (non-hydrogen) atoms. The molecule has 0 bridgehead atoms. The Bertz CT molecular complexity index is 472. The Balaban J connectivity index is 3.55. The molecule has 0 N–H and O–H groups in total. The molecule has 4 nitrogen and oxygen atoms in total. The first-order chi connectivity index (χ1) is 8.98. The summed E-state index contributed by atoms with van der Waals surface area (Å²) in [6.45, 7) is 13.9. The van der Waals surface area contributed by atoms with Crippen LogP contribution in [0.15, 0.2) is 12.1 Å². The van der Waals surface area contributed by atoms with E-state index in [9.17, 15) is 10.0 Å². The number of benzene rings is 1. The Kier molecular flexibility index (Phi) is 4.47. The van der Waals surface area contributed by atoms with E-state index in [1.165, 1.54) is 0 Å². The lowest BCUT2D eigenvalue weighted by Crippen LogP contribution is -2.21. The molecule has 1 aromatic rings. The highest BCUT2D eigenvalue weighted by molar-refractivity contribution is 5.53. The molecule has 0 fully saturated rings. The Morgan fingerprint density at radius 1 is 1.05 bits per heavy atom. The van der Waals surface area contributed by atoms with E-state index in [0.717, 1.165) is 0 Å². The van der Waals surface area contributed by atoms with Crippen molar-refractivity contribution in [2.45, 2.75) is 59.3 Å². The molecule has 1 rings (SSSR count). The summed E-state index contributed by atoms with van der Waals surface area (Å²) in [6, 6.07) is 3.28. The molecule has 1 aromatic carbocycles. The van der Waals surface area contributed by atoms with Crippen LogP contribution in [0.2, 0.25) is 0 Å². The molecule has 0 amide bonds. The number of hydrogen-bond acceptors (Lipinski definition) is 3. The average Bonchev–Trinajstić information content (AvgIpc) is 2.26. The summed E-state index contributed by atoms with van der Waals surface area (Å²) in [7, 11) is 0. The SMILES string of the molecule is CCO[N+](=O)c1cc(C(C)(C)C)c([O-])c(C(C)(C)C)c1. The molecule has 0 unspecified atom stereocenters. The van der Waals surface area contributed by atoms with Gasteiger partial charge in [0.25, 0.3) is 4.92 Å². The number of hydrogen-bond donors (Lipinski definition) is 0. The lowest BCUT2D eigenvalue weighted by atomic mass is 9.79. The van der Waals surface area contributed by atoms with Crippen LogP contribution in [0.3, 0.4) is 0 Å². The Morgan fingerprint density at radius 3 is 1.75 bits per heavy atom. The molecule has 4 heteroatoms. The monoisotopic (exact) mass is 279 g/mol. The van der Waals surface area contributed by atoms with Crippen LogP contribution in [0.5, 0.6) is 5.75 Å². The second-order valence-electron chi connectivity index (χ2n) is 7.04. The molecule has 0 aliphatic carbocycles. The van der Waals surface area contributed by atoms with Gasteiger partial charge in [-0.1, -0.05) is 41.5 Å². The smallest absolute Gasteiger partial charge is 0.317 e. The van der Waals surface area contributed by atoms with Gasteiger partial charge in [-0.15, -0.1) is 5.75 Å². The van der Waals surface area contributed by atoms with Crippen molar-refractivity contribution in [3.63, 3.8) is 0 Å². The Hall–Kier alpha value is -1.58. The molecule has 0 spiro atoms. The van der Waals surface area contributed by atoms with Gasteiger partial charge in [0.1, 0.15) is 0 Å². The normalized spacial score (nSPS) is 12.3. The van der Waals surface area contributed by atoms with E-state index in [-0.39, 0.29) is 16.6 Å². The highest BCUT2D eigenvalue weighted by Gasteiger charge is 2.27. The zero-order valence-electron chi connectivity index (χ0n) is 13.5. The molecule has 0 radical (unpaired) electrons. The molecule has 0 aliphatic rings. The van der Waals surface area contributed by atoms with E-state index in [1.54, 1.807) is 19.1 Å². The summed E-state index contributed by atoms with van der Waals surface area (Å²) in [6.07, 6.45) is 0. The standard InChI is InChI=1S/C16H25NO3/c1-8-20-17(19)11-9-12(15(2,3)4)14(18)13(10-11)16(5,6)7/h9-10H,8H2,1-7H3. The van der Waals surface area contributed by atoms with Crippen LogP contribution in [0.1, 0.15) is 59.6 Å². The van der Waals surface area contributed by atoms with Crippen LogP contribution >= 0.6 is 0 Å². The van der Waals surface area contributed by atoms with E-state index >= 15 is 0 Å². The van der Waals surface area contributed by atoms with Gasteiger partial charge in [-0.2, -0.15) is 0 Å². The summed E-state index contributed by atoms with van der Waals surface area (Å²) < 4.78 is 0. The lowest BCUT2D eigenvalue weighted by Gasteiger charge is -2.32. The summed E-state index contributed by atoms with van der Waals surface area (Å²) in [5.74, 6) is 0.0126. The fourth-order valence-corrected chi connectivity index (χ4v) is 2.03. The number of nitrogens with zero attached hydrogens (tertiary/aromatic N) is 1. The average molecular weight is 279 g/mol. The van der Waals surface area contributed by atoms with Crippen LogP contribution < -0.4 is 5.11 Å². The van der Waals surface area contributed by atoms with Crippen molar-refractivity contribution in [1.29, 1.82) is 0 Å². The molecular formula is C16H25NO3. The van der Waals surface area contributed by atoms with Gasteiger partial charge >= 0.3 is 5.69 Å². The van der Waals surface area contributed by atoms with Gasteiger partial charge in [0, 0.05) is 12.1 Å². The quantitative estimate of drug-likeness (QED) is 0.792. The van der Waals surface area contributed by atoms with E-state index < -0.39 is 0 Å². The largest absolute Gasteiger partial charge is 0.872 e. The summed E-state index contributed by atoms with van der Waals surface area (Å²) in [4.78, 5) is 17.4. The molecule has 112 valence electrons. The van der Waals surface area contributed by atoms with E-state index in [1.807, 2.05) is 41.5 Å². The minimum Gasteiger partial charge on any atom is -0.872 e. The minimum absolute atomic E-state index is 0.0126. The van der Waals surface area contributed by atoms with Gasteiger partial charge in [0.05, 0.1) is 4.91 Å². The first-order valence-electron chi connectivity index (χ1n) is 6.94. The predicted octanol–water partition coefficient (Wildman–Crippen LogP) is 3.72. The predicted molar refractivity (Wildman–Crippen MR) is 78.2 cm³/mol.